The summed E-state index contributed by atoms with van der Waals surface area (Å²) in [6.45, 7) is 11.9. The molecule has 0 aliphatic carbocycles. The Morgan fingerprint density at radius 1 is 1.53 bits per heavy atom. The average molecular weight is 264 g/mol. The topological polar surface area (TPSA) is 65.4 Å². The van der Waals surface area contributed by atoms with E-state index in [0.29, 0.717) is 5.92 Å². The highest BCUT2D eigenvalue weighted by molar-refractivity contribution is 6.01. The van der Waals surface area contributed by atoms with Crippen LogP contribution in [0.25, 0.3) is 0 Å². The maximum Gasteiger partial charge on any atom is 0.179 e. The van der Waals surface area contributed by atoms with Crippen LogP contribution in [0.1, 0.15) is 47.5 Å². The van der Waals surface area contributed by atoms with Crippen molar-refractivity contribution in [1.82, 2.24) is 4.90 Å². The number of hydrogen-bond acceptors (Lipinski definition) is 4. The van der Waals surface area contributed by atoms with Crippen molar-refractivity contribution in [2.24, 2.45) is 16.6 Å². The molecule has 0 bridgehead atoms. The zero-order valence-corrected chi connectivity index (χ0v) is 13.0. The minimum Gasteiger partial charge on any atom is -0.404 e. The van der Waals surface area contributed by atoms with Crippen molar-refractivity contribution in [1.29, 1.82) is 5.26 Å². The summed E-state index contributed by atoms with van der Waals surface area (Å²) in [6.07, 6.45) is 5.71. The number of nitrogens with zero attached hydrogens (tertiary/aromatic N) is 3. The molecule has 0 radical (unpaired) electrons. The Kier molecular flexibility index (Phi) is 8.69. The Bertz CT molecular complexity index is 350. The predicted molar refractivity (Wildman–Crippen MR) is 81.8 cm³/mol. The highest BCUT2D eigenvalue weighted by Gasteiger charge is 2.22. The van der Waals surface area contributed by atoms with Gasteiger partial charge in [-0.05, 0) is 30.5 Å². The number of nitriles is 1. The number of likely N-dealkylation sites (tertiary alicyclic amines) is 1. The van der Waals surface area contributed by atoms with E-state index in [9.17, 15) is 0 Å². The molecule has 0 amide bonds. The standard InChI is InChI=1S/C13H22N4.C2H6/c1-4-11(7-14)13(10(2)3)16-12-5-6-17(8-12)9-15;1-2/h7,10,12H,4-6,8,14H2,1-3H3;1-2H3/b11-7-,16-13?;. The molecule has 1 atom stereocenters. The summed E-state index contributed by atoms with van der Waals surface area (Å²) in [7, 11) is 0. The number of allylic oxidation sites excluding steroid dienone is 1. The summed E-state index contributed by atoms with van der Waals surface area (Å²) in [5.41, 5.74) is 7.86. The molecule has 0 spiro atoms. The van der Waals surface area contributed by atoms with Gasteiger partial charge in [0.1, 0.15) is 0 Å². The van der Waals surface area contributed by atoms with E-state index in [4.69, 9.17) is 16.0 Å². The smallest absolute Gasteiger partial charge is 0.179 e. The lowest BCUT2D eigenvalue weighted by atomic mass is 9.98. The summed E-state index contributed by atoms with van der Waals surface area (Å²) >= 11 is 0. The first-order chi connectivity index (χ1) is 9.12. The molecule has 0 aromatic heterocycles. The zero-order chi connectivity index (χ0) is 14.8. The van der Waals surface area contributed by atoms with Crippen molar-refractivity contribution in [2.75, 3.05) is 13.1 Å². The molecule has 4 nitrogen and oxygen atoms in total. The first-order valence-electron chi connectivity index (χ1n) is 7.25. The average Bonchev–Trinajstić information content (AvgIpc) is 2.89. The van der Waals surface area contributed by atoms with Crippen molar-refractivity contribution >= 4 is 5.71 Å². The van der Waals surface area contributed by atoms with Crippen LogP contribution in [0.4, 0.5) is 0 Å². The summed E-state index contributed by atoms with van der Waals surface area (Å²) < 4.78 is 0. The van der Waals surface area contributed by atoms with Crippen LogP contribution >= 0.6 is 0 Å². The van der Waals surface area contributed by atoms with Crippen LogP contribution < -0.4 is 5.73 Å². The van der Waals surface area contributed by atoms with Gasteiger partial charge in [-0.15, -0.1) is 0 Å². The van der Waals surface area contributed by atoms with Crippen LogP contribution in [0, 0.1) is 17.4 Å². The fraction of sp³-hybridized carbons (Fsp3) is 0.733. The molecular formula is C15H28N4. The number of aliphatic imine (C=N–C) groups is 1. The maximum atomic E-state index is 8.82. The first-order valence-corrected chi connectivity index (χ1v) is 7.25. The second kappa shape index (κ2) is 9.43. The Morgan fingerprint density at radius 3 is 2.53 bits per heavy atom. The molecule has 0 aromatic rings. The summed E-state index contributed by atoms with van der Waals surface area (Å²) in [5.74, 6) is 0.376. The summed E-state index contributed by atoms with van der Waals surface area (Å²) in [5, 5.41) is 8.82. The third kappa shape index (κ3) is 5.34. The molecule has 0 saturated carbocycles. The van der Waals surface area contributed by atoms with E-state index >= 15 is 0 Å². The highest BCUT2D eigenvalue weighted by Crippen LogP contribution is 2.17. The van der Waals surface area contributed by atoms with Crippen LogP contribution in [-0.4, -0.2) is 29.7 Å². The molecule has 1 rings (SSSR count). The normalized spacial score (nSPS) is 20.1. The van der Waals surface area contributed by atoms with Gasteiger partial charge >= 0.3 is 0 Å². The Hall–Kier alpha value is -1.50. The van der Waals surface area contributed by atoms with Gasteiger partial charge in [0.2, 0.25) is 0 Å². The molecule has 2 N–H and O–H groups in total. The summed E-state index contributed by atoms with van der Waals surface area (Å²) in [6, 6.07) is 0.244. The zero-order valence-electron chi connectivity index (χ0n) is 13.0. The molecule has 108 valence electrons. The third-order valence-corrected chi connectivity index (χ3v) is 3.08. The van der Waals surface area contributed by atoms with E-state index in [0.717, 1.165) is 37.2 Å². The molecule has 1 aliphatic heterocycles. The van der Waals surface area contributed by atoms with Gasteiger partial charge in [0, 0.05) is 12.3 Å². The minimum atomic E-state index is 0.244. The molecule has 19 heavy (non-hydrogen) atoms. The molecule has 1 aliphatic rings. The first kappa shape index (κ1) is 17.5. The maximum absolute atomic E-state index is 8.82. The van der Waals surface area contributed by atoms with Gasteiger partial charge in [-0.2, -0.15) is 5.26 Å². The molecule has 1 fully saturated rings. The SMILES string of the molecule is CC.CC/C(=C/N)C(=NC1CCN(C#N)C1)C(C)C. The van der Waals surface area contributed by atoms with Crippen LogP contribution in [0.3, 0.4) is 0 Å². The Balaban J connectivity index is 0.00000154. The van der Waals surface area contributed by atoms with Crippen molar-refractivity contribution in [2.45, 2.75) is 53.5 Å². The molecule has 1 heterocycles. The van der Waals surface area contributed by atoms with E-state index in [1.54, 1.807) is 11.1 Å². The van der Waals surface area contributed by atoms with E-state index < -0.39 is 0 Å². The largest absolute Gasteiger partial charge is 0.404 e. The lowest BCUT2D eigenvalue weighted by molar-refractivity contribution is 0.479. The van der Waals surface area contributed by atoms with Gasteiger partial charge in [-0.25, -0.2) is 0 Å². The molecule has 0 aromatic carbocycles. The van der Waals surface area contributed by atoms with Gasteiger partial charge in [-0.3, -0.25) is 4.99 Å². The number of rotatable bonds is 4. The second-order valence-electron chi connectivity index (χ2n) is 4.70. The van der Waals surface area contributed by atoms with Crippen LogP contribution in [-0.2, 0) is 0 Å². The van der Waals surface area contributed by atoms with E-state index in [1.165, 1.54) is 0 Å². The Labute approximate surface area is 118 Å². The minimum absolute atomic E-state index is 0.244. The van der Waals surface area contributed by atoms with Crippen molar-refractivity contribution in [3.05, 3.63) is 11.8 Å². The van der Waals surface area contributed by atoms with Crippen molar-refractivity contribution < 1.29 is 0 Å². The number of nitrogens with two attached hydrogens (primary N) is 1. The van der Waals surface area contributed by atoms with E-state index in [1.807, 2.05) is 13.8 Å². The molecular weight excluding hydrogens is 236 g/mol. The molecule has 4 heteroatoms. The second-order valence-corrected chi connectivity index (χ2v) is 4.70. The van der Waals surface area contributed by atoms with Gasteiger partial charge in [0.05, 0.1) is 12.6 Å². The fourth-order valence-electron chi connectivity index (χ4n) is 2.12. The van der Waals surface area contributed by atoms with Crippen LogP contribution in [0.5, 0.6) is 0 Å². The van der Waals surface area contributed by atoms with E-state index in [-0.39, 0.29) is 6.04 Å². The molecule has 1 unspecified atom stereocenters. The van der Waals surface area contributed by atoms with Gasteiger partial charge in [0.15, 0.2) is 6.19 Å². The van der Waals surface area contributed by atoms with Crippen molar-refractivity contribution in [3.63, 3.8) is 0 Å². The predicted octanol–water partition coefficient (Wildman–Crippen LogP) is 2.92. The van der Waals surface area contributed by atoms with E-state index in [2.05, 4.69) is 27.0 Å². The van der Waals surface area contributed by atoms with Crippen molar-refractivity contribution in [3.8, 4) is 6.19 Å². The number of hydrogen-bond donors (Lipinski definition) is 1. The van der Waals surface area contributed by atoms with Gasteiger partial charge in [-0.1, -0.05) is 34.6 Å². The van der Waals surface area contributed by atoms with Gasteiger partial charge in [0.25, 0.3) is 0 Å². The fourth-order valence-corrected chi connectivity index (χ4v) is 2.12. The summed E-state index contributed by atoms with van der Waals surface area (Å²) in [4.78, 5) is 6.56. The third-order valence-electron chi connectivity index (χ3n) is 3.08. The lowest BCUT2D eigenvalue weighted by Crippen LogP contribution is -2.19. The van der Waals surface area contributed by atoms with Gasteiger partial charge < -0.3 is 10.6 Å². The van der Waals surface area contributed by atoms with Crippen LogP contribution in [0.15, 0.2) is 16.8 Å². The molecule has 1 saturated heterocycles. The highest BCUT2D eigenvalue weighted by atomic mass is 15.2. The quantitative estimate of drug-likeness (QED) is 0.627. The Morgan fingerprint density at radius 2 is 2.16 bits per heavy atom. The van der Waals surface area contributed by atoms with Crippen LogP contribution in [0.2, 0.25) is 0 Å². The lowest BCUT2D eigenvalue weighted by Gasteiger charge is -2.15. The monoisotopic (exact) mass is 264 g/mol.